The van der Waals surface area contributed by atoms with E-state index in [1.807, 2.05) is 4.72 Å². The summed E-state index contributed by atoms with van der Waals surface area (Å²) in [5.41, 5.74) is 6.53. The third-order valence-electron chi connectivity index (χ3n) is 2.10. The molecule has 1 aromatic carbocycles. The van der Waals surface area contributed by atoms with Gasteiger partial charge in [0.2, 0.25) is 0 Å². The first-order valence-electron chi connectivity index (χ1n) is 5.15. The molecule has 0 radical (unpaired) electrons. The number of nitrogen functional groups attached to an aromatic ring is 1. The number of fused-ring (bicyclic) bond motifs is 1. The Hall–Kier alpha value is -1.59. The standard InChI is InChI=1S/C9H9F3N4O2S2/c10-9(11,12)4-14-20(17,18)16-8-15-6-2-1-5(13)3-7(6)19-8/h1-3,14H,4,13H2,(H,15,16). The van der Waals surface area contributed by atoms with Gasteiger partial charge in [0.05, 0.1) is 10.2 Å². The lowest BCUT2D eigenvalue weighted by molar-refractivity contribution is -0.121. The van der Waals surface area contributed by atoms with Gasteiger partial charge in [-0.2, -0.15) is 26.3 Å². The maximum Gasteiger partial charge on any atom is 0.402 e. The molecule has 2 aromatic rings. The maximum atomic E-state index is 12.0. The number of rotatable bonds is 4. The van der Waals surface area contributed by atoms with Crippen LogP contribution in [0.25, 0.3) is 10.2 Å². The minimum absolute atomic E-state index is 0.0414. The van der Waals surface area contributed by atoms with Crippen LogP contribution in [0.2, 0.25) is 0 Å². The highest BCUT2D eigenvalue weighted by atomic mass is 32.2. The summed E-state index contributed by atoms with van der Waals surface area (Å²) in [4.78, 5) is 3.93. The minimum Gasteiger partial charge on any atom is -0.399 e. The van der Waals surface area contributed by atoms with E-state index in [0.29, 0.717) is 15.9 Å². The minimum atomic E-state index is -4.63. The fourth-order valence-electron chi connectivity index (χ4n) is 1.31. The van der Waals surface area contributed by atoms with Gasteiger partial charge in [-0.15, -0.1) is 0 Å². The van der Waals surface area contributed by atoms with Crippen LogP contribution >= 0.6 is 11.3 Å². The summed E-state index contributed by atoms with van der Waals surface area (Å²) in [5, 5.41) is -0.0414. The highest BCUT2D eigenvalue weighted by molar-refractivity contribution is 7.91. The number of aromatic nitrogens is 1. The molecule has 0 aliphatic rings. The van der Waals surface area contributed by atoms with Crippen LogP contribution in [0.3, 0.4) is 0 Å². The molecule has 0 fully saturated rings. The molecule has 0 saturated carbocycles. The van der Waals surface area contributed by atoms with Gasteiger partial charge in [0.15, 0.2) is 5.13 Å². The van der Waals surface area contributed by atoms with Crippen LogP contribution in [0, 0.1) is 0 Å². The van der Waals surface area contributed by atoms with Crippen LogP contribution in [0.5, 0.6) is 0 Å². The Kier molecular flexibility index (Phi) is 3.75. The molecule has 0 spiro atoms. The Labute approximate surface area is 116 Å². The Morgan fingerprint density at radius 2 is 2.05 bits per heavy atom. The third-order valence-corrected chi connectivity index (χ3v) is 4.15. The van der Waals surface area contributed by atoms with E-state index in [0.717, 1.165) is 11.3 Å². The molecule has 20 heavy (non-hydrogen) atoms. The molecule has 0 unspecified atom stereocenters. The predicted octanol–water partition coefficient (Wildman–Crippen LogP) is 1.69. The highest BCUT2D eigenvalue weighted by Gasteiger charge is 2.29. The van der Waals surface area contributed by atoms with Gasteiger partial charge in [-0.05, 0) is 18.2 Å². The summed E-state index contributed by atoms with van der Waals surface area (Å²) < 4.78 is 62.6. The van der Waals surface area contributed by atoms with Gasteiger partial charge in [0.25, 0.3) is 0 Å². The summed E-state index contributed by atoms with van der Waals surface area (Å²) in [6, 6.07) is 4.76. The highest BCUT2D eigenvalue weighted by Crippen LogP contribution is 2.27. The van der Waals surface area contributed by atoms with Crippen molar-refractivity contribution in [3.05, 3.63) is 18.2 Å². The number of nitrogens with zero attached hydrogens (tertiary/aromatic N) is 1. The molecule has 0 amide bonds. The van der Waals surface area contributed by atoms with Crippen molar-refractivity contribution in [1.29, 1.82) is 0 Å². The summed E-state index contributed by atoms with van der Waals surface area (Å²) in [6.45, 7) is -1.65. The number of nitrogens with two attached hydrogens (primary N) is 1. The summed E-state index contributed by atoms with van der Waals surface area (Å²) in [7, 11) is -4.33. The second-order valence-corrected chi connectivity index (χ2v) is 6.32. The Morgan fingerprint density at radius 1 is 1.35 bits per heavy atom. The zero-order chi connectivity index (χ0) is 15.0. The number of benzene rings is 1. The molecule has 0 saturated heterocycles. The quantitative estimate of drug-likeness (QED) is 0.745. The van der Waals surface area contributed by atoms with Crippen molar-refractivity contribution in [3.63, 3.8) is 0 Å². The first kappa shape index (κ1) is 14.8. The van der Waals surface area contributed by atoms with Gasteiger partial charge in [-0.3, -0.25) is 0 Å². The number of anilines is 2. The zero-order valence-corrected chi connectivity index (χ0v) is 11.4. The number of halogens is 3. The molecule has 0 aliphatic heterocycles. The predicted molar refractivity (Wildman–Crippen MR) is 70.6 cm³/mol. The third kappa shape index (κ3) is 3.95. The van der Waals surface area contributed by atoms with E-state index in [-0.39, 0.29) is 5.13 Å². The Balaban J connectivity index is 2.15. The van der Waals surface area contributed by atoms with Gasteiger partial charge < -0.3 is 5.73 Å². The van der Waals surface area contributed by atoms with E-state index in [2.05, 4.69) is 4.98 Å². The van der Waals surface area contributed by atoms with Crippen LogP contribution < -0.4 is 15.2 Å². The molecule has 0 aliphatic carbocycles. The normalized spacial score (nSPS) is 12.8. The van der Waals surface area contributed by atoms with E-state index in [1.54, 1.807) is 18.2 Å². The first-order chi connectivity index (χ1) is 9.15. The summed E-state index contributed by atoms with van der Waals surface area (Å²) >= 11 is 0.969. The fraction of sp³-hybridized carbons (Fsp3) is 0.222. The van der Waals surface area contributed by atoms with Gasteiger partial charge in [-0.1, -0.05) is 11.3 Å². The molecular weight excluding hydrogens is 317 g/mol. The van der Waals surface area contributed by atoms with E-state index < -0.39 is 22.9 Å². The number of nitrogens with one attached hydrogen (secondary N) is 2. The number of thiazole rings is 1. The molecule has 2 rings (SSSR count). The van der Waals surface area contributed by atoms with Crippen molar-refractivity contribution < 1.29 is 21.6 Å². The van der Waals surface area contributed by atoms with Gasteiger partial charge >= 0.3 is 16.4 Å². The molecular formula is C9H9F3N4O2S2. The molecule has 1 aromatic heterocycles. The largest absolute Gasteiger partial charge is 0.402 e. The fourth-order valence-corrected chi connectivity index (χ4v) is 3.28. The van der Waals surface area contributed by atoms with E-state index >= 15 is 0 Å². The average Bonchev–Trinajstić information content (AvgIpc) is 2.66. The molecule has 11 heteroatoms. The second-order valence-electron chi connectivity index (χ2n) is 3.79. The van der Waals surface area contributed by atoms with Crippen molar-refractivity contribution in [2.45, 2.75) is 6.18 Å². The van der Waals surface area contributed by atoms with Crippen molar-refractivity contribution in [2.24, 2.45) is 0 Å². The lowest BCUT2D eigenvalue weighted by Gasteiger charge is -2.08. The van der Waals surface area contributed by atoms with Gasteiger partial charge in [0.1, 0.15) is 6.54 Å². The lowest BCUT2D eigenvalue weighted by atomic mass is 10.3. The summed E-state index contributed by atoms with van der Waals surface area (Å²) in [5.74, 6) is 0. The number of hydrogen-bond acceptors (Lipinski definition) is 5. The van der Waals surface area contributed by atoms with Crippen molar-refractivity contribution in [2.75, 3.05) is 17.0 Å². The van der Waals surface area contributed by atoms with E-state index in [4.69, 9.17) is 5.73 Å². The molecule has 6 nitrogen and oxygen atoms in total. The van der Waals surface area contributed by atoms with Crippen LogP contribution in [-0.4, -0.2) is 26.1 Å². The van der Waals surface area contributed by atoms with Gasteiger partial charge in [0, 0.05) is 5.69 Å². The van der Waals surface area contributed by atoms with E-state index in [1.165, 1.54) is 4.72 Å². The lowest BCUT2D eigenvalue weighted by Crippen LogP contribution is -2.37. The first-order valence-corrected chi connectivity index (χ1v) is 7.45. The smallest absolute Gasteiger partial charge is 0.399 e. The van der Waals surface area contributed by atoms with Crippen LogP contribution in [0.15, 0.2) is 18.2 Å². The Bertz CT molecular complexity index is 726. The SMILES string of the molecule is Nc1ccc2nc(NS(=O)(=O)NCC(F)(F)F)sc2c1. The molecule has 0 atom stereocenters. The summed E-state index contributed by atoms with van der Waals surface area (Å²) in [6.07, 6.45) is -4.63. The van der Waals surface area contributed by atoms with Crippen LogP contribution in [0.1, 0.15) is 0 Å². The monoisotopic (exact) mass is 326 g/mol. The molecule has 110 valence electrons. The average molecular weight is 326 g/mol. The van der Waals surface area contributed by atoms with Gasteiger partial charge in [-0.25, -0.2) is 9.71 Å². The van der Waals surface area contributed by atoms with Crippen molar-refractivity contribution in [3.8, 4) is 0 Å². The number of alkyl halides is 3. The zero-order valence-electron chi connectivity index (χ0n) is 9.73. The Morgan fingerprint density at radius 3 is 2.70 bits per heavy atom. The number of hydrogen-bond donors (Lipinski definition) is 3. The van der Waals surface area contributed by atoms with E-state index in [9.17, 15) is 21.6 Å². The molecule has 4 N–H and O–H groups in total. The van der Waals surface area contributed by atoms with Crippen molar-refractivity contribution in [1.82, 2.24) is 9.71 Å². The molecule has 0 bridgehead atoms. The van der Waals surface area contributed by atoms with Crippen LogP contribution in [-0.2, 0) is 10.2 Å². The molecule has 1 heterocycles. The van der Waals surface area contributed by atoms with Crippen LogP contribution in [0.4, 0.5) is 24.0 Å². The van der Waals surface area contributed by atoms with Crippen molar-refractivity contribution >= 4 is 42.6 Å². The topological polar surface area (TPSA) is 97.1 Å². The maximum absolute atomic E-state index is 12.0. The second kappa shape index (κ2) is 5.07.